The third kappa shape index (κ3) is 2.72. The first kappa shape index (κ1) is 10.0. The summed E-state index contributed by atoms with van der Waals surface area (Å²) in [6.45, 7) is 4.34. The summed E-state index contributed by atoms with van der Waals surface area (Å²) in [6, 6.07) is 3.72. The molecule has 0 saturated heterocycles. The van der Waals surface area contributed by atoms with Gasteiger partial charge in [0.2, 0.25) is 5.56 Å². The molecule has 0 fully saturated rings. The molecular formula is C11H17NO. The van der Waals surface area contributed by atoms with Crippen LogP contribution < -0.4 is 5.56 Å². The lowest BCUT2D eigenvalue weighted by molar-refractivity contribution is 0.594. The fourth-order valence-corrected chi connectivity index (χ4v) is 1.67. The molecule has 1 N–H and O–H groups in total. The molecule has 1 aromatic heterocycles. The van der Waals surface area contributed by atoms with Gasteiger partial charge in [-0.2, -0.15) is 0 Å². The van der Waals surface area contributed by atoms with Gasteiger partial charge in [0.1, 0.15) is 0 Å². The Labute approximate surface area is 79.0 Å². The molecule has 13 heavy (non-hydrogen) atoms. The van der Waals surface area contributed by atoms with Crippen molar-refractivity contribution < 1.29 is 0 Å². The minimum Gasteiger partial charge on any atom is -0.329 e. The van der Waals surface area contributed by atoms with Crippen molar-refractivity contribution in [1.29, 1.82) is 0 Å². The Morgan fingerprint density at radius 3 is 2.77 bits per heavy atom. The molecule has 0 aromatic carbocycles. The topological polar surface area (TPSA) is 32.9 Å². The fourth-order valence-electron chi connectivity index (χ4n) is 1.67. The van der Waals surface area contributed by atoms with E-state index in [0.29, 0.717) is 5.92 Å². The predicted octanol–water partition coefficient (Wildman–Crippen LogP) is 2.67. The Balaban J connectivity index is 2.84. The van der Waals surface area contributed by atoms with Gasteiger partial charge in [-0.1, -0.05) is 20.3 Å². The molecule has 0 saturated carbocycles. The SMILES string of the molecule is CCCC(CC)c1cc[nH]c(=O)c1. The number of H-pyrrole nitrogens is 1. The van der Waals surface area contributed by atoms with Gasteiger partial charge in [0.15, 0.2) is 0 Å². The van der Waals surface area contributed by atoms with Gasteiger partial charge in [0, 0.05) is 12.3 Å². The van der Waals surface area contributed by atoms with Crippen molar-refractivity contribution in [3.63, 3.8) is 0 Å². The maximum absolute atomic E-state index is 11.1. The highest BCUT2D eigenvalue weighted by molar-refractivity contribution is 5.15. The summed E-state index contributed by atoms with van der Waals surface area (Å²) in [5.41, 5.74) is 1.18. The summed E-state index contributed by atoms with van der Waals surface area (Å²) in [5, 5.41) is 0. The second-order valence-electron chi connectivity index (χ2n) is 3.38. The molecule has 72 valence electrons. The zero-order chi connectivity index (χ0) is 9.68. The second kappa shape index (κ2) is 4.85. The van der Waals surface area contributed by atoms with Crippen LogP contribution in [0.5, 0.6) is 0 Å². The molecule has 0 amide bonds. The number of aromatic nitrogens is 1. The molecule has 1 rings (SSSR count). The van der Waals surface area contributed by atoms with Crippen LogP contribution in [0, 0.1) is 0 Å². The minimum atomic E-state index is 0.00653. The van der Waals surface area contributed by atoms with Crippen molar-refractivity contribution in [2.75, 3.05) is 0 Å². The van der Waals surface area contributed by atoms with Crippen LogP contribution in [0.2, 0.25) is 0 Å². The van der Waals surface area contributed by atoms with E-state index in [2.05, 4.69) is 18.8 Å². The Morgan fingerprint density at radius 2 is 2.23 bits per heavy atom. The molecule has 1 atom stereocenters. The summed E-state index contributed by atoms with van der Waals surface area (Å²) in [5.74, 6) is 0.548. The number of pyridine rings is 1. The van der Waals surface area contributed by atoms with Crippen LogP contribution in [0.4, 0.5) is 0 Å². The van der Waals surface area contributed by atoms with Crippen molar-refractivity contribution in [3.05, 3.63) is 34.2 Å². The molecule has 1 unspecified atom stereocenters. The molecular weight excluding hydrogens is 162 g/mol. The summed E-state index contributed by atoms with van der Waals surface area (Å²) >= 11 is 0. The molecule has 2 heteroatoms. The van der Waals surface area contributed by atoms with Crippen LogP contribution in [0.3, 0.4) is 0 Å². The standard InChI is InChI=1S/C11H17NO/c1-3-5-9(4-2)10-6-7-12-11(13)8-10/h6-9H,3-5H2,1-2H3,(H,12,13). The quantitative estimate of drug-likeness (QED) is 0.757. The van der Waals surface area contributed by atoms with Crippen LogP contribution in [0.1, 0.15) is 44.6 Å². The highest BCUT2D eigenvalue weighted by Gasteiger charge is 2.07. The zero-order valence-corrected chi connectivity index (χ0v) is 8.34. The van der Waals surface area contributed by atoms with E-state index >= 15 is 0 Å². The molecule has 0 aliphatic carbocycles. The van der Waals surface area contributed by atoms with Gasteiger partial charge >= 0.3 is 0 Å². The van der Waals surface area contributed by atoms with Crippen LogP contribution in [0.25, 0.3) is 0 Å². The van der Waals surface area contributed by atoms with Crippen molar-refractivity contribution in [3.8, 4) is 0 Å². The Kier molecular flexibility index (Phi) is 3.74. The maximum atomic E-state index is 11.1. The normalized spacial score (nSPS) is 12.8. The van der Waals surface area contributed by atoms with Crippen LogP contribution in [0.15, 0.2) is 23.1 Å². The third-order valence-electron chi connectivity index (χ3n) is 2.40. The fraction of sp³-hybridized carbons (Fsp3) is 0.545. The maximum Gasteiger partial charge on any atom is 0.248 e. The molecule has 1 heterocycles. The Bertz CT molecular complexity index is 303. The largest absolute Gasteiger partial charge is 0.329 e. The second-order valence-corrected chi connectivity index (χ2v) is 3.38. The van der Waals surface area contributed by atoms with Crippen molar-refractivity contribution in [1.82, 2.24) is 4.98 Å². The molecule has 2 nitrogen and oxygen atoms in total. The summed E-state index contributed by atoms with van der Waals surface area (Å²) < 4.78 is 0. The van der Waals surface area contributed by atoms with E-state index < -0.39 is 0 Å². The lowest BCUT2D eigenvalue weighted by atomic mass is 9.93. The predicted molar refractivity (Wildman–Crippen MR) is 55.0 cm³/mol. The van der Waals surface area contributed by atoms with Crippen molar-refractivity contribution >= 4 is 0 Å². The molecule has 0 aliphatic rings. The molecule has 0 spiro atoms. The van der Waals surface area contributed by atoms with E-state index in [-0.39, 0.29) is 5.56 Å². The van der Waals surface area contributed by atoms with E-state index in [1.165, 1.54) is 18.4 Å². The number of hydrogen-bond donors (Lipinski definition) is 1. The highest BCUT2D eigenvalue weighted by Crippen LogP contribution is 2.22. The average molecular weight is 179 g/mol. The van der Waals surface area contributed by atoms with E-state index in [0.717, 1.165) is 6.42 Å². The van der Waals surface area contributed by atoms with Gasteiger partial charge in [0.25, 0.3) is 0 Å². The molecule has 0 aliphatic heterocycles. The Morgan fingerprint density at radius 1 is 1.46 bits per heavy atom. The number of aromatic amines is 1. The van der Waals surface area contributed by atoms with Crippen LogP contribution in [-0.4, -0.2) is 4.98 Å². The number of rotatable bonds is 4. The third-order valence-corrected chi connectivity index (χ3v) is 2.40. The van der Waals surface area contributed by atoms with E-state index in [1.807, 2.05) is 6.07 Å². The van der Waals surface area contributed by atoms with Gasteiger partial charge in [-0.3, -0.25) is 4.79 Å². The zero-order valence-electron chi connectivity index (χ0n) is 8.34. The van der Waals surface area contributed by atoms with Gasteiger partial charge in [0.05, 0.1) is 0 Å². The van der Waals surface area contributed by atoms with Gasteiger partial charge < -0.3 is 4.98 Å². The molecule has 0 bridgehead atoms. The van der Waals surface area contributed by atoms with E-state index in [9.17, 15) is 4.79 Å². The monoisotopic (exact) mass is 179 g/mol. The average Bonchev–Trinajstić information content (AvgIpc) is 2.14. The minimum absolute atomic E-state index is 0.00653. The van der Waals surface area contributed by atoms with E-state index in [1.54, 1.807) is 12.3 Å². The number of hydrogen-bond acceptors (Lipinski definition) is 1. The van der Waals surface area contributed by atoms with Crippen LogP contribution >= 0.6 is 0 Å². The lowest BCUT2D eigenvalue weighted by Gasteiger charge is -2.12. The first-order valence-corrected chi connectivity index (χ1v) is 4.96. The molecule has 1 aromatic rings. The van der Waals surface area contributed by atoms with Gasteiger partial charge in [-0.15, -0.1) is 0 Å². The van der Waals surface area contributed by atoms with Crippen molar-refractivity contribution in [2.24, 2.45) is 0 Å². The smallest absolute Gasteiger partial charge is 0.248 e. The highest BCUT2D eigenvalue weighted by atomic mass is 16.1. The Hall–Kier alpha value is -1.05. The van der Waals surface area contributed by atoms with E-state index in [4.69, 9.17) is 0 Å². The lowest BCUT2D eigenvalue weighted by Crippen LogP contribution is -2.07. The molecule has 0 radical (unpaired) electrons. The summed E-state index contributed by atoms with van der Waals surface area (Å²) in [6.07, 6.45) is 5.18. The first-order valence-electron chi connectivity index (χ1n) is 4.96. The van der Waals surface area contributed by atoms with Gasteiger partial charge in [-0.05, 0) is 30.4 Å². The number of nitrogens with one attached hydrogen (secondary N) is 1. The summed E-state index contributed by atoms with van der Waals surface area (Å²) in [4.78, 5) is 13.7. The summed E-state index contributed by atoms with van der Waals surface area (Å²) in [7, 11) is 0. The van der Waals surface area contributed by atoms with Crippen molar-refractivity contribution in [2.45, 2.75) is 39.0 Å². The van der Waals surface area contributed by atoms with Gasteiger partial charge in [-0.25, -0.2) is 0 Å². The first-order chi connectivity index (χ1) is 6.27. The van der Waals surface area contributed by atoms with Crippen LogP contribution in [-0.2, 0) is 0 Å².